The Balaban J connectivity index is 1.66. The molecule has 0 saturated heterocycles. The molecule has 8 heteroatoms. The summed E-state index contributed by atoms with van der Waals surface area (Å²) in [7, 11) is 0. The standard InChI is InChI=1S/C15H11ClN4O3/c16-14-10(20-8-2-1-5-12(20)17-14)6-7-13(21)18-19-15(22)11-4-3-9-23-11/h1-9H,(H,18,21)(H,19,22)/b7-6+. The first-order valence-electron chi connectivity index (χ1n) is 6.59. The number of pyridine rings is 1. The largest absolute Gasteiger partial charge is 0.459 e. The average Bonchev–Trinajstić information content (AvgIpc) is 3.18. The van der Waals surface area contributed by atoms with Gasteiger partial charge in [0.2, 0.25) is 0 Å². The molecule has 0 radical (unpaired) electrons. The molecule has 0 aliphatic heterocycles. The van der Waals surface area contributed by atoms with Crippen molar-refractivity contribution < 1.29 is 14.0 Å². The van der Waals surface area contributed by atoms with Gasteiger partial charge in [-0.15, -0.1) is 0 Å². The van der Waals surface area contributed by atoms with E-state index in [2.05, 4.69) is 15.8 Å². The van der Waals surface area contributed by atoms with Crippen LogP contribution in [0.2, 0.25) is 5.15 Å². The van der Waals surface area contributed by atoms with Crippen molar-refractivity contribution in [2.75, 3.05) is 0 Å². The van der Waals surface area contributed by atoms with Crippen molar-refractivity contribution in [3.8, 4) is 0 Å². The Kier molecular flexibility index (Phi) is 4.11. The molecule has 3 aromatic heterocycles. The number of nitrogens with one attached hydrogen (secondary N) is 2. The van der Waals surface area contributed by atoms with E-state index >= 15 is 0 Å². The van der Waals surface area contributed by atoms with E-state index in [1.54, 1.807) is 22.7 Å². The molecule has 2 N–H and O–H groups in total. The van der Waals surface area contributed by atoms with Gasteiger partial charge in [0.15, 0.2) is 10.9 Å². The highest BCUT2D eigenvalue weighted by Crippen LogP contribution is 2.18. The van der Waals surface area contributed by atoms with Gasteiger partial charge in [-0.25, -0.2) is 4.98 Å². The highest BCUT2D eigenvalue weighted by atomic mass is 35.5. The molecule has 2 amide bonds. The first kappa shape index (κ1) is 14.9. The Bertz CT molecular complexity index is 883. The second-order valence-corrected chi connectivity index (χ2v) is 4.83. The number of rotatable bonds is 3. The molecule has 0 aliphatic carbocycles. The molecule has 0 bridgehead atoms. The molecule has 0 atom stereocenters. The monoisotopic (exact) mass is 330 g/mol. The first-order chi connectivity index (χ1) is 11.1. The third-order valence-electron chi connectivity index (χ3n) is 2.96. The number of hydrogen-bond acceptors (Lipinski definition) is 4. The molecule has 3 heterocycles. The van der Waals surface area contributed by atoms with Crippen molar-refractivity contribution in [2.45, 2.75) is 0 Å². The maximum absolute atomic E-state index is 11.7. The van der Waals surface area contributed by atoms with Crippen LogP contribution >= 0.6 is 11.6 Å². The maximum atomic E-state index is 11.7. The number of fused-ring (bicyclic) bond motifs is 1. The lowest BCUT2D eigenvalue weighted by Crippen LogP contribution is -2.40. The van der Waals surface area contributed by atoms with Crippen LogP contribution in [0.25, 0.3) is 11.7 Å². The molecule has 0 aromatic carbocycles. The lowest BCUT2D eigenvalue weighted by atomic mass is 10.4. The van der Waals surface area contributed by atoms with Gasteiger partial charge in [-0.3, -0.25) is 24.8 Å². The van der Waals surface area contributed by atoms with Crippen LogP contribution in [0.4, 0.5) is 0 Å². The molecule has 0 spiro atoms. The number of furan rings is 1. The summed E-state index contributed by atoms with van der Waals surface area (Å²) in [5, 5.41) is 0.278. The lowest BCUT2D eigenvalue weighted by molar-refractivity contribution is -0.117. The van der Waals surface area contributed by atoms with E-state index in [1.165, 1.54) is 24.5 Å². The number of halogens is 1. The molecule has 3 rings (SSSR count). The van der Waals surface area contributed by atoms with Gasteiger partial charge >= 0.3 is 5.91 Å². The minimum Gasteiger partial charge on any atom is -0.459 e. The van der Waals surface area contributed by atoms with Crippen LogP contribution in [0.1, 0.15) is 16.2 Å². The number of hydrazine groups is 1. The number of carbonyl (C=O) groups excluding carboxylic acids is 2. The minimum atomic E-state index is -0.551. The van der Waals surface area contributed by atoms with E-state index in [-0.39, 0.29) is 10.9 Å². The summed E-state index contributed by atoms with van der Waals surface area (Å²) in [6.45, 7) is 0. The van der Waals surface area contributed by atoms with Gasteiger partial charge in [-0.1, -0.05) is 17.7 Å². The Hall–Kier alpha value is -3.06. The Labute approximate surface area is 135 Å². The highest BCUT2D eigenvalue weighted by Gasteiger charge is 2.09. The summed E-state index contributed by atoms with van der Waals surface area (Å²) < 4.78 is 6.64. The quantitative estimate of drug-likeness (QED) is 0.568. The van der Waals surface area contributed by atoms with Crippen LogP contribution in [0, 0.1) is 0 Å². The number of carbonyl (C=O) groups is 2. The van der Waals surface area contributed by atoms with Crippen molar-refractivity contribution in [1.29, 1.82) is 0 Å². The molecular weight excluding hydrogens is 320 g/mol. The van der Waals surface area contributed by atoms with E-state index in [0.29, 0.717) is 11.3 Å². The van der Waals surface area contributed by atoms with Gasteiger partial charge < -0.3 is 4.42 Å². The first-order valence-corrected chi connectivity index (χ1v) is 6.97. The summed E-state index contributed by atoms with van der Waals surface area (Å²) in [5.41, 5.74) is 5.71. The van der Waals surface area contributed by atoms with Crippen molar-refractivity contribution >= 4 is 35.1 Å². The molecule has 0 saturated carbocycles. The van der Waals surface area contributed by atoms with Crippen molar-refractivity contribution in [3.63, 3.8) is 0 Å². The van der Waals surface area contributed by atoms with Crippen LogP contribution in [0.5, 0.6) is 0 Å². The van der Waals surface area contributed by atoms with Crippen molar-refractivity contribution in [1.82, 2.24) is 20.2 Å². The zero-order valence-corrected chi connectivity index (χ0v) is 12.4. The van der Waals surface area contributed by atoms with Crippen LogP contribution in [-0.4, -0.2) is 21.2 Å². The van der Waals surface area contributed by atoms with E-state index < -0.39 is 11.8 Å². The summed E-state index contributed by atoms with van der Waals surface area (Å²) in [5.74, 6) is -0.976. The molecule has 116 valence electrons. The molecule has 3 aromatic rings. The number of nitrogens with zero attached hydrogens (tertiary/aromatic N) is 2. The van der Waals surface area contributed by atoms with Crippen LogP contribution in [-0.2, 0) is 4.79 Å². The van der Waals surface area contributed by atoms with Gasteiger partial charge in [0, 0.05) is 12.3 Å². The Morgan fingerprint density at radius 3 is 2.87 bits per heavy atom. The number of aromatic nitrogens is 2. The predicted octanol–water partition coefficient (Wildman–Crippen LogP) is 2.06. The van der Waals surface area contributed by atoms with E-state index in [1.807, 2.05) is 12.1 Å². The number of amides is 2. The topological polar surface area (TPSA) is 88.6 Å². The zero-order chi connectivity index (χ0) is 16.2. The SMILES string of the molecule is O=C(/C=C/c1c(Cl)nc2ccccn12)NNC(=O)c1ccco1. The fraction of sp³-hybridized carbons (Fsp3) is 0. The van der Waals surface area contributed by atoms with E-state index in [9.17, 15) is 9.59 Å². The second kappa shape index (κ2) is 6.37. The maximum Gasteiger partial charge on any atom is 0.305 e. The fourth-order valence-corrected chi connectivity index (χ4v) is 2.16. The summed E-state index contributed by atoms with van der Waals surface area (Å²) in [6, 6.07) is 8.51. The number of hydrogen-bond donors (Lipinski definition) is 2. The van der Waals surface area contributed by atoms with Crippen LogP contribution < -0.4 is 10.9 Å². The highest BCUT2D eigenvalue weighted by molar-refractivity contribution is 6.31. The smallest absolute Gasteiger partial charge is 0.305 e. The van der Waals surface area contributed by atoms with E-state index in [0.717, 1.165) is 0 Å². The Morgan fingerprint density at radius 2 is 2.09 bits per heavy atom. The Morgan fingerprint density at radius 1 is 1.22 bits per heavy atom. The lowest BCUT2D eigenvalue weighted by Gasteiger charge is -2.02. The van der Waals surface area contributed by atoms with E-state index in [4.69, 9.17) is 16.0 Å². The normalized spacial score (nSPS) is 11.0. The van der Waals surface area contributed by atoms with Crippen LogP contribution in [0.15, 0.2) is 53.3 Å². The molecular formula is C15H11ClN4O3. The minimum absolute atomic E-state index is 0.0964. The molecule has 0 fully saturated rings. The molecule has 23 heavy (non-hydrogen) atoms. The second-order valence-electron chi connectivity index (χ2n) is 4.47. The third-order valence-corrected chi connectivity index (χ3v) is 3.24. The summed E-state index contributed by atoms with van der Waals surface area (Å²) >= 11 is 6.05. The van der Waals surface area contributed by atoms with Gasteiger partial charge in [-0.05, 0) is 30.3 Å². The van der Waals surface area contributed by atoms with Crippen molar-refractivity contribution in [3.05, 3.63) is 65.5 Å². The molecule has 0 aliphatic rings. The van der Waals surface area contributed by atoms with Crippen molar-refractivity contribution in [2.24, 2.45) is 0 Å². The average molecular weight is 331 g/mol. The fourth-order valence-electron chi connectivity index (χ4n) is 1.92. The van der Waals surface area contributed by atoms with Crippen LogP contribution in [0.3, 0.4) is 0 Å². The molecule has 7 nitrogen and oxygen atoms in total. The van der Waals surface area contributed by atoms with Gasteiger partial charge in [0.25, 0.3) is 5.91 Å². The van der Waals surface area contributed by atoms with Gasteiger partial charge in [-0.2, -0.15) is 0 Å². The predicted molar refractivity (Wildman–Crippen MR) is 83.6 cm³/mol. The summed E-state index contributed by atoms with van der Waals surface area (Å²) in [4.78, 5) is 27.5. The number of imidazole rings is 1. The van der Waals surface area contributed by atoms with Gasteiger partial charge in [0.1, 0.15) is 5.65 Å². The van der Waals surface area contributed by atoms with Gasteiger partial charge in [0.05, 0.1) is 12.0 Å². The molecule has 0 unspecified atom stereocenters. The zero-order valence-electron chi connectivity index (χ0n) is 11.7. The summed E-state index contributed by atoms with van der Waals surface area (Å²) in [6.07, 6.45) is 5.90. The third kappa shape index (κ3) is 3.24.